The molecule has 1 N–H and O–H groups in total. The molecule has 3 rings (SSSR count). The highest BCUT2D eigenvalue weighted by Crippen LogP contribution is 2.27. The lowest BCUT2D eigenvalue weighted by Gasteiger charge is -2.44. The van der Waals surface area contributed by atoms with Gasteiger partial charge in [0.15, 0.2) is 0 Å². The molecule has 2 fully saturated rings. The molecule has 0 amide bonds. The van der Waals surface area contributed by atoms with Gasteiger partial charge in [0.25, 0.3) is 0 Å². The molecule has 2 aliphatic heterocycles. The maximum absolute atomic E-state index is 6.00. The molecule has 0 aromatic carbocycles. The normalized spacial score (nSPS) is 21.6. The van der Waals surface area contributed by atoms with Crippen LogP contribution in [0.1, 0.15) is 12.8 Å². The van der Waals surface area contributed by atoms with Crippen molar-refractivity contribution in [2.45, 2.75) is 25.0 Å². The Labute approximate surface area is 143 Å². The van der Waals surface area contributed by atoms with Crippen LogP contribution in [0.25, 0.3) is 0 Å². The number of likely N-dealkylation sites (tertiary alicyclic amines) is 1. The van der Waals surface area contributed by atoms with Crippen LogP contribution < -0.4 is 5.32 Å². The Hall–Kier alpha value is -0.0400. The Bertz CT molecular complexity index is 413. The van der Waals surface area contributed by atoms with Gasteiger partial charge >= 0.3 is 0 Å². The second kappa shape index (κ2) is 8.56. The van der Waals surface area contributed by atoms with E-state index in [2.05, 4.69) is 15.3 Å². The predicted molar refractivity (Wildman–Crippen MR) is 89.0 cm³/mol. The van der Waals surface area contributed by atoms with E-state index >= 15 is 0 Å². The monoisotopic (exact) mass is 356 g/mol. The molecule has 122 valence electrons. The van der Waals surface area contributed by atoms with Gasteiger partial charge in [0, 0.05) is 38.9 Å². The Kier molecular flexibility index (Phi) is 7.74. The van der Waals surface area contributed by atoms with Crippen LogP contribution in [0.5, 0.6) is 0 Å². The van der Waals surface area contributed by atoms with E-state index in [-0.39, 0.29) is 30.4 Å². The van der Waals surface area contributed by atoms with Gasteiger partial charge in [-0.3, -0.25) is 4.68 Å². The second-order valence-corrected chi connectivity index (χ2v) is 5.91. The summed E-state index contributed by atoms with van der Waals surface area (Å²) in [4.78, 5) is 2.48. The number of ether oxygens (including phenoxy) is 1. The van der Waals surface area contributed by atoms with E-state index in [9.17, 15) is 0 Å². The van der Waals surface area contributed by atoms with Gasteiger partial charge in [-0.05, 0) is 12.8 Å². The fourth-order valence-electron chi connectivity index (χ4n) is 2.92. The first-order valence-electron chi connectivity index (χ1n) is 7.01. The zero-order valence-electron chi connectivity index (χ0n) is 12.0. The summed E-state index contributed by atoms with van der Waals surface area (Å²) < 4.78 is 7.90. The Morgan fingerprint density at radius 3 is 2.62 bits per heavy atom. The number of halogens is 3. The van der Waals surface area contributed by atoms with Crippen molar-refractivity contribution in [2.75, 3.05) is 39.3 Å². The largest absolute Gasteiger partial charge is 0.372 e. The molecule has 5 nitrogen and oxygen atoms in total. The number of aromatic nitrogens is 2. The summed E-state index contributed by atoms with van der Waals surface area (Å²) in [5, 5.41) is 8.36. The van der Waals surface area contributed by atoms with Gasteiger partial charge in [-0.25, -0.2) is 0 Å². The smallest absolute Gasteiger partial charge is 0.0831 e. The van der Waals surface area contributed by atoms with Gasteiger partial charge in [-0.15, -0.1) is 24.8 Å². The van der Waals surface area contributed by atoms with Crippen LogP contribution >= 0.6 is 36.4 Å². The molecule has 8 heteroatoms. The summed E-state index contributed by atoms with van der Waals surface area (Å²) in [6.07, 6.45) is 5.81. The zero-order chi connectivity index (χ0) is 13.1. The first kappa shape index (κ1) is 19.0. The summed E-state index contributed by atoms with van der Waals surface area (Å²) in [6, 6.07) is 0. The summed E-state index contributed by atoms with van der Waals surface area (Å²) in [7, 11) is 0. The highest BCUT2D eigenvalue weighted by Gasteiger charge is 2.36. The maximum atomic E-state index is 6.00. The first-order valence-corrected chi connectivity index (χ1v) is 7.39. The minimum atomic E-state index is 0. The number of rotatable bonds is 3. The van der Waals surface area contributed by atoms with Crippen molar-refractivity contribution < 1.29 is 4.74 Å². The molecular weight excluding hydrogens is 335 g/mol. The molecule has 3 heterocycles. The maximum Gasteiger partial charge on any atom is 0.0831 e. The summed E-state index contributed by atoms with van der Waals surface area (Å²) in [5.41, 5.74) is 0.101. The third-order valence-corrected chi connectivity index (χ3v) is 4.34. The molecule has 2 saturated heterocycles. The molecule has 1 aromatic heterocycles. The van der Waals surface area contributed by atoms with Crippen molar-refractivity contribution in [3.63, 3.8) is 0 Å². The third kappa shape index (κ3) is 4.98. The van der Waals surface area contributed by atoms with Crippen molar-refractivity contribution in [3.8, 4) is 0 Å². The topological polar surface area (TPSA) is 42.3 Å². The van der Waals surface area contributed by atoms with Gasteiger partial charge < -0.3 is 15.0 Å². The average Bonchev–Trinajstić information content (AvgIpc) is 2.85. The zero-order valence-corrected chi connectivity index (χ0v) is 14.4. The third-order valence-electron chi connectivity index (χ3n) is 4.15. The quantitative estimate of drug-likeness (QED) is 0.896. The average molecular weight is 358 g/mol. The highest BCUT2D eigenvalue weighted by atomic mass is 35.5. The van der Waals surface area contributed by atoms with Crippen LogP contribution in [0, 0.1) is 0 Å². The molecule has 0 atom stereocenters. The van der Waals surface area contributed by atoms with Crippen molar-refractivity contribution in [2.24, 2.45) is 0 Å². The lowest BCUT2D eigenvalue weighted by Crippen LogP contribution is -2.55. The van der Waals surface area contributed by atoms with Gasteiger partial charge in [0.2, 0.25) is 0 Å². The van der Waals surface area contributed by atoms with Crippen LogP contribution in [0.4, 0.5) is 0 Å². The van der Waals surface area contributed by atoms with Crippen LogP contribution in [0.3, 0.4) is 0 Å². The van der Waals surface area contributed by atoms with E-state index in [1.165, 1.54) is 0 Å². The predicted octanol–water partition coefficient (Wildman–Crippen LogP) is 1.83. The Morgan fingerprint density at radius 2 is 2.05 bits per heavy atom. The van der Waals surface area contributed by atoms with Crippen LogP contribution in [-0.4, -0.2) is 59.6 Å². The standard InChI is InChI=1S/C13H21ClN4O.2ClH/c14-12-9-16-18(10-12)7-6-17-4-1-13(2-5-17)11-15-3-8-19-13;;/h9-10,15H,1-8,11H2;2*1H. The van der Waals surface area contributed by atoms with Gasteiger partial charge in [0.05, 0.1) is 30.0 Å². The van der Waals surface area contributed by atoms with E-state index in [0.29, 0.717) is 5.02 Å². The van der Waals surface area contributed by atoms with E-state index in [1.54, 1.807) is 6.20 Å². The van der Waals surface area contributed by atoms with E-state index in [4.69, 9.17) is 16.3 Å². The summed E-state index contributed by atoms with van der Waals surface area (Å²) in [6.45, 7) is 7.00. The van der Waals surface area contributed by atoms with Gasteiger partial charge in [0.1, 0.15) is 0 Å². The fraction of sp³-hybridized carbons (Fsp3) is 0.769. The minimum absolute atomic E-state index is 0. The first-order chi connectivity index (χ1) is 9.26. The lowest BCUT2D eigenvalue weighted by molar-refractivity contribution is -0.0997. The number of nitrogens with one attached hydrogen (secondary N) is 1. The minimum Gasteiger partial charge on any atom is -0.372 e. The SMILES string of the molecule is Cl.Cl.Clc1cnn(CCN2CCC3(CC2)CNCCO3)c1. The molecular formula is C13H23Cl3N4O. The van der Waals surface area contributed by atoms with Crippen molar-refractivity contribution in [1.82, 2.24) is 20.0 Å². The van der Waals surface area contributed by atoms with Crippen LogP contribution in [0.2, 0.25) is 5.02 Å². The molecule has 0 bridgehead atoms. The molecule has 0 radical (unpaired) electrons. The molecule has 21 heavy (non-hydrogen) atoms. The summed E-state index contributed by atoms with van der Waals surface area (Å²) in [5.74, 6) is 0. The molecule has 2 aliphatic rings. The van der Waals surface area contributed by atoms with Crippen molar-refractivity contribution >= 4 is 36.4 Å². The summed E-state index contributed by atoms with van der Waals surface area (Å²) >= 11 is 5.86. The number of hydrogen-bond donors (Lipinski definition) is 1. The molecule has 0 saturated carbocycles. The number of nitrogens with zero attached hydrogens (tertiary/aromatic N) is 3. The van der Waals surface area contributed by atoms with E-state index in [0.717, 1.165) is 58.7 Å². The molecule has 0 unspecified atom stereocenters. The second-order valence-electron chi connectivity index (χ2n) is 5.47. The van der Waals surface area contributed by atoms with Crippen molar-refractivity contribution in [3.05, 3.63) is 17.4 Å². The molecule has 0 aliphatic carbocycles. The van der Waals surface area contributed by atoms with E-state index in [1.807, 2.05) is 10.9 Å². The van der Waals surface area contributed by atoms with Gasteiger partial charge in [-0.1, -0.05) is 11.6 Å². The van der Waals surface area contributed by atoms with E-state index < -0.39 is 0 Å². The van der Waals surface area contributed by atoms with Crippen LogP contribution in [-0.2, 0) is 11.3 Å². The van der Waals surface area contributed by atoms with Crippen molar-refractivity contribution in [1.29, 1.82) is 0 Å². The van der Waals surface area contributed by atoms with Gasteiger partial charge in [-0.2, -0.15) is 5.10 Å². The molecule has 1 aromatic rings. The highest BCUT2D eigenvalue weighted by molar-refractivity contribution is 6.30. The number of morpholine rings is 1. The molecule has 1 spiro atoms. The number of piperidine rings is 1. The number of hydrogen-bond acceptors (Lipinski definition) is 4. The Balaban J connectivity index is 0.00000110. The fourth-order valence-corrected chi connectivity index (χ4v) is 3.07. The lowest BCUT2D eigenvalue weighted by atomic mass is 9.90. The Morgan fingerprint density at radius 1 is 1.29 bits per heavy atom. The van der Waals surface area contributed by atoms with Crippen LogP contribution in [0.15, 0.2) is 12.4 Å².